The Hall–Kier alpha value is -2.04. The van der Waals surface area contributed by atoms with Gasteiger partial charge in [-0.05, 0) is 43.0 Å². The molecule has 0 unspecified atom stereocenters. The van der Waals surface area contributed by atoms with E-state index in [1.807, 2.05) is 25.1 Å². The number of ether oxygens (including phenoxy) is 1. The van der Waals surface area contributed by atoms with Crippen LogP contribution < -0.4 is 10.1 Å². The summed E-state index contributed by atoms with van der Waals surface area (Å²) in [5.74, 6) is -0.404. The van der Waals surface area contributed by atoms with Crippen molar-refractivity contribution < 1.29 is 19.4 Å². The number of nitrogens with one attached hydrogen (secondary N) is 1. The Morgan fingerprint density at radius 1 is 1.22 bits per heavy atom. The van der Waals surface area contributed by atoms with Crippen LogP contribution in [0, 0.1) is 6.92 Å². The van der Waals surface area contributed by atoms with Crippen LogP contribution in [0.2, 0.25) is 0 Å². The molecular weight excluding hydrogens is 294 g/mol. The van der Waals surface area contributed by atoms with Crippen LogP contribution in [0.25, 0.3) is 0 Å². The molecule has 1 saturated carbocycles. The van der Waals surface area contributed by atoms with E-state index in [9.17, 15) is 14.7 Å². The zero-order valence-corrected chi connectivity index (χ0v) is 13.9. The lowest BCUT2D eigenvalue weighted by molar-refractivity contribution is -0.148. The van der Waals surface area contributed by atoms with Gasteiger partial charge in [0.25, 0.3) is 0 Å². The number of carbonyl (C=O) groups excluding carboxylic acids is 1. The quantitative estimate of drug-likeness (QED) is 0.818. The molecular formula is C18H25NO4. The molecule has 5 nitrogen and oxygen atoms in total. The van der Waals surface area contributed by atoms with Gasteiger partial charge in [-0.1, -0.05) is 31.7 Å². The lowest BCUT2D eigenvalue weighted by atomic mass is 9.89. The summed E-state index contributed by atoms with van der Waals surface area (Å²) in [6, 6.07) is 5.55. The van der Waals surface area contributed by atoms with Crippen LogP contribution in [0.4, 0.5) is 0 Å². The Kier molecular flexibility index (Phi) is 5.64. The van der Waals surface area contributed by atoms with Crippen LogP contribution in [0.1, 0.15) is 49.7 Å². The largest absolute Gasteiger partial charge is 0.497 e. The highest BCUT2D eigenvalue weighted by atomic mass is 16.5. The molecule has 1 aliphatic rings. The Morgan fingerprint density at radius 3 is 2.39 bits per heavy atom. The highest BCUT2D eigenvalue weighted by Crippen LogP contribution is 2.28. The van der Waals surface area contributed by atoms with E-state index in [4.69, 9.17) is 4.74 Å². The molecule has 2 N–H and O–H groups in total. The van der Waals surface area contributed by atoms with E-state index in [1.54, 1.807) is 7.11 Å². The fourth-order valence-electron chi connectivity index (χ4n) is 3.20. The third kappa shape index (κ3) is 4.24. The van der Waals surface area contributed by atoms with Crippen LogP contribution in [0.3, 0.4) is 0 Å². The number of carboxylic acid groups (broad SMARTS) is 1. The molecule has 1 aromatic carbocycles. The molecule has 126 valence electrons. The van der Waals surface area contributed by atoms with Gasteiger partial charge in [-0.3, -0.25) is 4.79 Å². The molecule has 0 heterocycles. The first kappa shape index (κ1) is 17.3. The Labute approximate surface area is 137 Å². The van der Waals surface area contributed by atoms with Gasteiger partial charge < -0.3 is 15.2 Å². The number of rotatable bonds is 5. The highest BCUT2D eigenvalue weighted by molar-refractivity contribution is 5.88. The predicted octanol–water partition coefficient (Wildman–Crippen LogP) is 2.84. The first-order valence-electron chi connectivity index (χ1n) is 8.15. The molecule has 5 heteroatoms. The maximum Gasteiger partial charge on any atom is 0.329 e. The van der Waals surface area contributed by atoms with Gasteiger partial charge in [-0.25, -0.2) is 4.79 Å². The fraction of sp³-hybridized carbons (Fsp3) is 0.556. The normalized spacial score (nSPS) is 17.1. The molecule has 0 aromatic heterocycles. The van der Waals surface area contributed by atoms with E-state index < -0.39 is 11.5 Å². The minimum Gasteiger partial charge on any atom is -0.497 e. The standard InChI is InChI=1S/C18H25NO4/c1-13-11-15(23-2)8-7-14(13)12-16(20)19-18(17(21)22)9-5-3-4-6-10-18/h7-8,11H,3-6,9-10,12H2,1-2H3,(H,19,20)(H,21,22). The van der Waals surface area contributed by atoms with Gasteiger partial charge in [0, 0.05) is 0 Å². The number of methoxy groups -OCH3 is 1. The second kappa shape index (κ2) is 7.49. The minimum atomic E-state index is -1.10. The maximum absolute atomic E-state index is 12.4. The van der Waals surface area contributed by atoms with Crippen LogP contribution in [-0.4, -0.2) is 29.6 Å². The predicted molar refractivity (Wildman–Crippen MR) is 87.6 cm³/mol. The van der Waals surface area contributed by atoms with Crippen molar-refractivity contribution in [2.45, 2.75) is 57.4 Å². The number of carboxylic acids is 1. The molecule has 1 aliphatic carbocycles. The zero-order valence-electron chi connectivity index (χ0n) is 13.9. The van der Waals surface area contributed by atoms with Crippen LogP contribution >= 0.6 is 0 Å². The Balaban J connectivity index is 2.09. The highest BCUT2D eigenvalue weighted by Gasteiger charge is 2.39. The van der Waals surface area contributed by atoms with Gasteiger partial charge in [0.15, 0.2) is 0 Å². The number of aliphatic carboxylic acids is 1. The minimum absolute atomic E-state index is 0.185. The summed E-state index contributed by atoms with van der Waals surface area (Å²) in [6.45, 7) is 1.92. The summed E-state index contributed by atoms with van der Waals surface area (Å²) < 4.78 is 5.16. The van der Waals surface area contributed by atoms with Crippen LogP contribution in [-0.2, 0) is 16.0 Å². The number of hydrogen-bond donors (Lipinski definition) is 2. The van der Waals surface area contributed by atoms with Crippen molar-refractivity contribution in [2.24, 2.45) is 0 Å². The molecule has 2 rings (SSSR count). The first-order valence-corrected chi connectivity index (χ1v) is 8.15. The van der Waals surface area contributed by atoms with E-state index >= 15 is 0 Å². The average Bonchev–Trinajstić information content (AvgIpc) is 2.75. The summed E-state index contributed by atoms with van der Waals surface area (Å²) >= 11 is 0. The summed E-state index contributed by atoms with van der Waals surface area (Å²) in [7, 11) is 1.60. The first-order chi connectivity index (χ1) is 11.0. The van der Waals surface area contributed by atoms with Gasteiger partial charge >= 0.3 is 5.97 Å². The molecule has 0 aliphatic heterocycles. The molecule has 1 fully saturated rings. The topological polar surface area (TPSA) is 75.6 Å². The van der Waals surface area contributed by atoms with E-state index in [-0.39, 0.29) is 12.3 Å². The maximum atomic E-state index is 12.4. The van der Waals surface area contributed by atoms with Gasteiger partial charge in [-0.15, -0.1) is 0 Å². The van der Waals surface area contributed by atoms with E-state index in [1.165, 1.54) is 0 Å². The molecule has 0 radical (unpaired) electrons. The number of benzene rings is 1. The van der Waals surface area contributed by atoms with Crippen molar-refractivity contribution in [3.8, 4) is 5.75 Å². The van der Waals surface area contributed by atoms with Crippen molar-refractivity contribution in [1.82, 2.24) is 5.32 Å². The number of amides is 1. The van der Waals surface area contributed by atoms with Crippen molar-refractivity contribution in [3.05, 3.63) is 29.3 Å². The zero-order chi connectivity index (χ0) is 16.9. The number of aryl methyl sites for hydroxylation is 1. The van der Waals surface area contributed by atoms with E-state index in [0.717, 1.165) is 42.6 Å². The summed E-state index contributed by atoms with van der Waals surface area (Å²) in [5.41, 5.74) is 0.746. The van der Waals surface area contributed by atoms with Gasteiger partial charge in [0.1, 0.15) is 11.3 Å². The second-order valence-corrected chi connectivity index (χ2v) is 6.32. The van der Waals surface area contributed by atoms with Crippen molar-refractivity contribution >= 4 is 11.9 Å². The Morgan fingerprint density at radius 2 is 1.87 bits per heavy atom. The van der Waals surface area contributed by atoms with Gasteiger partial charge in [-0.2, -0.15) is 0 Å². The SMILES string of the molecule is COc1ccc(CC(=O)NC2(C(=O)O)CCCCCC2)c(C)c1. The molecule has 1 amide bonds. The smallest absolute Gasteiger partial charge is 0.329 e. The third-order valence-electron chi connectivity index (χ3n) is 4.65. The summed E-state index contributed by atoms with van der Waals surface area (Å²) in [6.07, 6.45) is 4.95. The molecule has 0 bridgehead atoms. The molecule has 1 aromatic rings. The monoisotopic (exact) mass is 319 g/mol. The van der Waals surface area contributed by atoms with Crippen LogP contribution in [0.15, 0.2) is 18.2 Å². The lowest BCUT2D eigenvalue weighted by Crippen LogP contribution is -2.54. The van der Waals surface area contributed by atoms with Crippen molar-refractivity contribution in [3.63, 3.8) is 0 Å². The summed E-state index contributed by atoms with van der Waals surface area (Å²) in [5, 5.41) is 12.4. The summed E-state index contributed by atoms with van der Waals surface area (Å²) in [4.78, 5) is 24.1. The molecule has 0 atom stereocenters. The van der Waals surface area contributed by atoms with E-state index in [0.29, 0.717) is 12.8 Å². The fourth-order valence-corrected chi connectivity index (χ4v) is 3.20. The van der Waals surface area contributed by atoms with Crippen molar-refractivity contribution in [2.75, 3.05) is 7.11 Å². The average molecular weight is 319 g/mol. The molecule has 0 spiro atoms. The number of carbonyl (C=O) groups is 2. The number of hydrogen-bond acceptors (Lipinski definition) is 3. The third-order valence-corrected chi connectivity index (χ3v) is 4.65. The second-order valence-electron chi connectivity index (χ2n) is 6.32. The van der Waals surface area contributed by atoms with Crippen LogP contribution in [0.5, 0.6) is 5.75 Å². The lowest BCUT2D eigenvalue weighted by Gasteiger charge is -2.29. The Bertz CT molecular complexity index is 574. The van der Waals surface area contributed by atoms with Crippen molar-refractivity contribution in [1.29, 1.82) is 0 Å². The van der Waals surface area contributed by atoms with Gasteiger partial charge in [0.05, 0.1) is 13.5 Å². The van der Waals surface area contributed by atoms with E-state index in [2.05, 4.69) is 5.32 Å². The van der Waals surface area contributed by atoms with Gasteiger partial charge in [0.2, 0.25) is 5.91 Å². The molecule has 0 saturated heterocycles. The molecule has 23 heavy (non-hydrogen) atoms.